The summed E-state index contributed by atoms with van der Waals surface area (Å²) >= 11 is 0. The quantitative estimate of drug-likeness (QED) is 0.922. The normalized spacial score (nSPS) is 23.5. The molecular weight excluding hydrogens is 264 g/mol. The first kappa shape index (κ1) is 14.2. The lowest BCUT2D eigenvalue weighted by Crippen LogP contribution is -2.48. The summed E-state index contributed by atoms with van der Waals surface area (Å²) in [6.45, 7) is 4.65. The van der Waals surface area contributed by atoms with Crippen LogP contribution in [0, 0.1) is 5.92 Å². The molecule has 0 saturated carbocycles. The smallest absolute Gasteiger partial charge is 0.258 e. The second-order valence-electron chi connectivity index (χ2n) is 5.91. The van der Waals surface area contributed by atoms with Crippen LogP contribution >= 0.6 is 0 Å². The summed E-state index contributed by atoms with van der Waals surface area (Å²) in [5, 5.41) is 0. The third-order valence-corrected chi connectivity index (χ3v) is 4.46. The van der Waals surface area contributed by atoms with Gasteiger partial charge in [-0.05, 0) is 37.4 Å². The molecule has 2 atom stereocenters. The van der Waals surface area contributed by atoms with E-state index in [-0.39, 0.29) is 5.56 Å². The van der Waals surface area contributed by atoms with E-state index in [1.807, 2.05) is 18.2 Å². The van der Waals surface area contributed by atoms with Crippen LogP contribution in [0.2, 0.25) is 0 Å². The van der Waals surface area contributed by atoms with Crippen LogP contribution in [0.25, 0.3) is 5.65 Å². The second-order valence-corrected chi connectivity index (χ2v) is 5.91. The van der Waals surface area contributed by atoms with Gasteiger partial charge in [-0.25, -0.2) is 4.98 Å². The number of pyridine rings is 1. The number of aromatic nitrogens is 2. The van der Waals surface area contributed by atoms with Gasteiger partial charge in [0.25, 0.3) is 5.56 Å². The van der Waals surface area contributed by atoms with E-state index in [2.05, 4.69) is 16.8 Å². The van der Waals surface area contributed by atoms with E-state index in [4.69, 9.17) is 5.73 Å². The lowest BCUT2D eigenvalue weighted by Gasteiger charge is -2.39. The van der Waals surface area contributed by atoms with E-state index in [9.17, 15) is 4.79 Å². The van der Waals surface area contributed by atoms with Gasteiger partial charge in [-0.3, -0.25) is 14.1 Å². The molecule has 0 amide bonds. The molecule has 2 unspecified atom stereocenters. The molecule has 0 aliphatic carbocycles. The lowest BCUT2D eigenvalue weighted by atomic mass is 9.90. The minimum atomic E-state index is -0.0232. The van der Waals surface area contributed by atoms with Gasteiger partial charge in [0.05, 0.1) is 5.69 Å². The first-order valence-electron chi connectivity index (χ1n) is 7.60. The van der Waals surface area contributed by atoms with E-state index < -0.39 is 0 Å². The number of hydrogen-bond acceptors (Lipinski definition) is 4. The summed E-state index contributed by atoms with van der Waals surface area (Å²) < 4.78 is 1.57. The fourth-order valence-electron chi connectivity index (χ4n) is 3.30. The third kappa shape index (κ3) is 2.84. The van der Waals surface area contributed by atoms with E-state index in [0.717, 1.165) is 12.2 Å². The number of nitrogens with zero attached hydrogens (tertiary/aromatic N) is 3. The number of piperidine rings is 1. The molecule has 0 spiro atoms. The van der Waals surface area contributed by atoms with Gasteiger partial charge in [0, 0.05) is 31.4 Å². The first-order valence-corrected chi connectivity index (χ1v) is 7.60. The topological polar surface area (TPSA) is 63.6 Å². The van der Waals surface area contributed by atoms with Crippen molar-refractivity contribution in [2.75, 3.05) is 13.1 Å². The maximum atomic E-state index is 12.1. The number of nitrogens with two attached hydrogens (primary N) is 1. The van der Waals surface area contributed by atoms with Gasteiger partial charge in [0.2, 0.25) is 0 Å². The largest absolute Gasteiger partial charge is 0.329 e. The Hall–Kier alpha value is -1.72. The van der Waals surface area contributed by atoms with E-state index in [1.165, 1.54) is 12.8 Å². The van der Waals surface area contributed by atoms with Crippen molar-refractivity contribution in [1.82, 2.24) is 14.3 Å². The molecule has 1 saturated heterocycles. The molecule has 5 nitrogen and oxygen atoms in total. The molecule has 0 radical (unpaired) electrons. The minimum absolute atomic E-state index is 0.0232. The minimum Gasteiger partial charge on any atom is -0.329 e. The van der Waals surface area contributed by atoms with Gasteiger partial charge in [-0.1, -0.05) is 13.0 Å². The van der Waals surface area contributed by atoms with Crippen molar-refractivity contribution in [2.45, 2.75) is 32.4 Å². The first-order chi connectivity index (χ1) is 10.2. The van der Waals surface area contributed by atoms with Gasteiger partial charge >= 0.3 is 0 Å². The van der Waals surface area contributed by atoms with Crippen molar-refractivity contribution in [3.63, 3.8) is 0 Å². The Labute approximate surface area is 124 Å². The Kier molecular flexibility index (Phi) is 4.03. The summed E-state index contributed by atoms with van der Waals surface area (Å²) in [6, 6.07) is 7.63. The highest BCUT2D eigenvalue weighted by atomic mass is 16.1. The van der Waals surface area contributed by atoms with E-state index >= 15 is 0 Å². The molecule has 3 rings (SSSR count). The number of rotatable bonds is 3. The summed E-state index contributed by atoms with van der Waals surface area (Å²) in [5.41, 5.74) is 7.44. The van der Waals surface area contributed by atoms with Gasteiger partial charge < -0.3 is 5.73 Å². The van der Waals surface area contributed by atoms with Crippen molar-refractivity contribution < 1.29 is 0 Å². The Morgan fingerprint density at radius 2 is 2.29 bits per heavy atom. The SMILES string of the molecule is CC1CCCN(Cc2cc(=O)n3ccccc3n2)C1CN. The summed E-state index contributed by atoms with van der Waals surface area (Å²) in [7, 11) is 0. The number of fused-ring (bicyclic) bond motifs is 1. The zero-order valence-corrected chi connectivity index (χ0v) is 12.4. The molecular formula is C16H22N4O. The van der Waals surface area contributed by atoms with Crippen LogP contribution < -0.4 is 11.3 Å². The van der Waals surface area contributed by atoms with Gasteiger partial charge in [-0.2, -0.15) is 0 Å². The van der Waals surface area contributed by atoms with Crippen LogP contribution in [0.5, 0.6) is 0 Å². The molecule has 1 aliphatic heterocycles. The molecule has 2 aromatic heterocycles. The highest BCUT2D eigenvalue weighted by Gasteiger charge is 2.27. The van der Waals surface area contributed by atoms with Gasteiger partial charge in [0.15, 0.2) is 0 Å². The van der Waals surface area contributed by atoms with E-state index in [0.29, 0.717) is 30.7 Å². The van der Waals surface area contributed by atoms with Crippen LogP contribution in [0.1, 0.15) is 25.5 Å². The predicted molar refractivity (Wildman–Crippen MR) is 83.1 cm³/mol. The Morgan fingerprint density at radius 3 is 3.10 bits per heavy atom. The fourth-order valence-corrected chi connectivity index (χ4v) is 3.30. The van der Waals surface area contributed by atoms with Crippen molar-refractivity contribution in [1.29, 1.82) is 0 Å². The molecule has 0 bridgehead atoms. The van der Waals surface area contributed by atoms with Crippen LogP contribution in [-0.4, -0.2) is 33.4 Å². The zero-order valence-electron chi connectivity index (χ0n) is 12.4. The predicted octanol–water partition coefficient (Wildman–Crippen LogP) is 1.25. The Bertz CT molecular complexity index is 681. The number of hydrogen-bond donors (Lipinski definition) is 1. The molecule has 0 aromatic carbocycles. The van der Waals surface area contributed by atoms with Crippen molar-refractivity contribution >= 4 is 5.65 Å². The maximum absolute atomic E-state index is 12.1. The standard InChI is InChI=1S/C16H22N4O/c1-12-5-4-7-19(14(12)10-17)11-13-9-16(21)20-8-3-2-6-15(20)18-13/h2-3,6,8-9,12,14H,4-5,7,10-11,17H2,1H3. The monoisotopic (exact) mass is 286 g/mol. The Balaban J connectivity index is 1.89. The summed E-state index contributed by atoms with van der Waals surface area (Å²) in [6.07, 6.45) is 4.16. The maximum Gasteiger partial charge on any atom is 0.258 e. The lowest BCUT2D eigenvalue weighted by molar-refractivity contribution is 0.0978. The third-order valence-electron chi connectivity index (χ3n) is 4.46. The Morgan fingerprint density at radius 1 is 1.43 bits per heavy atom. The molecule has 1 aliphatic rings. The highest BCUT2D eigenvalue weighted by Crippen LogP contribution is 2.23. The van der Waals surface area contributed by atoms with Crippen LogP contribution in [0.3, 0.4) is 0 Å². The van der Waals surface area contributed by atoms with Crippen LogP contribution in [0.4, 0.5) is 0 Å². The van der Waals surface area contributed by atoms with Crippen molar-refractivity contribution in [3.05, 3.63) is 46.5 Å². The molecule has 2 aromatic rings. The summed E-state index contributed by atoms with van der Waals surface area (Å²) in [5.74, 6) is 0.602. The highest BCUT2D eigenvalue weighted by molar-refractivity contribution is 5.37. The van der Waals surface area contributed by atoms with Crippen molar-refractivity contribution in [2.24, 2.45) is 11.7 Å². The van der Waals surface area contributed by atoms with Gasteiger partial charge in [0.1, 0.15) is 5.65 Å². The molecule has 1 fully saturated rings. The van der Waals surface area contributed by atoms with Gasteiger partial charge in [-0.15, -0.1) is 0 Å². The molecule has 112 valence electrons. The second kappa shape index (κ2) is 5.95. The average molecular weight is 286 g/mol. The fraction of sp³-hybridized carbons (Fsp3) is 0.500. The number of likely N-dealkylation sites (tertiary alicyclic amines) is 1. The van der Waals surface area contributed by atoms with Crippen LogP contribution in [-0.2, 0) is 6.54 Å². The van der Waals surface area contributed by atoms with Crippen molar-refractivity contribution in [3.8, 4) is 0 Å². The molecule has 3 heterocycles. The van der Waals surface area contributed by atoms with E-state index in [1.54, 1.807) is 16.7 Å². The molecule has 2 N–H and O–H groups in total. The van der Waals surface area contributed by atoms with Crippen LogP contribution in [0.15, 0.2) is 35.3 Å². The average Bonchev–Trinajstić information content (AvgIpc) is 2.47. The summed E-state index contributed by atoms with van der Waals surface area (Å²) in [4.78, 5) is 19.1. The molecule has 5 heteroatoms. The molecule has 21 heavy (non-hydrogen) atoms. The zero-order chi connectivity index (χ0) is 14.8.